The maximum Gasteiger partial charge on any atom is 0.311 e. The van der Waals surface area contributed by atoms with Gasteiger partial charge in [0, 0.05) is 17.8 Å². The molecule has 24 heavy (non-hydrogen) atoms. The van der Waals surface area contributed by atoms with Crippen LogP contribution < -0.4 is 10.1 Å². The number of hydrogen-bond donors (Lipinski definition) is 1. The highest BCUT2D eigenvalue weighted by Crippen LogP contribution is 2.34. The number of hydrogen-bond acceptors (Lipinski definition) is 6. The van der Waals surface area contributed by atoms with E-state index < -0.39 is 4.92 Å². The van der Waals surface area contributed by atoms with E-state index in [1.807, 2.05) is 32.0 Å². The lowest BCUT2D eigenvalue weighted by molar-refractivity contribution is -0.385. The summed E-state index contributed by atoms with van der Waals surface area (Å²) in [6.07, 6.45) is 1.42. The second-order valence-corrected chi connectivity index (χ2v) is 5.39. The van der Waals surface area contributed by atoms with Crippen molar-refractivity contribution >= 4 is 28.1 Å². The number of nitro groups is 1. The number of methoxy groups -OCH3 is 1. The molecule has 2 aromatic carbocycles. The van der Waals surface area contributed by atoms with E-state index in [9.17, 15) is 10.1 Å². The largest absolute Gasteiger partial charge is 0.490 e. The van der Waals surface area contributed by atoms with Gasteiger partial charge >= 0.3 is 5.69 Å². The first kappa shape index (κ1) is 15.7. The fraction of sp³-hybridized carbons (Fsp3) is 0.176. The average Bonchev–Trinajstić information content (AvgIpc) is 2.58. The molecular formula is C17H16N4O3. The number of aryl methyl sites for hydroxylation is 1. The van der Waals surface area contributed by atoms with E-state index in [2.05, 4.69) is 15.3 Å². The van der Waals surface area contributed by atoms with Gasteiger partial charge in [0.1, 0.15) is 12.1 Å². The molecule has 0 aliphatic heterocycles. The number of nitrogens with one attached hydrogen (secondary N) is 1. The Morgan fingerprint density at radius 3 is 2.71 bits per heavy atom. The maximum atomic E-state index is 11.3. The van der Waals surface area contributed by atoms with Crippen LogP contribution in [0.2, 0.25) is 0 Å². The summed E-state index contributed by atoms with van der Waals surface area (Å²) in [4.78, 5) is 19.2. The summed E-state index contributed by atoms with van der Waals surface area (Å²) in [6, 6.07) is 8.88. The molecule has 1 N–H and O–H groups in total. The predicted octanol–water partition coefficient (Wildman–Crippen LogP) is 3.91. The van der Waals surface area contributed by atoms with Crippen molar-refractivity contribution in [2.75, 3.05) is 12.4 Å². The van der Waals surface area contributed by atoms with Crippen LogP contribution in [0.4, 0.5) is 17.2 Å². The van der Waals surface area contributed by atoms with Gasteiger partial charge in [-0.05, 0) is 31.0 Å². The van der Waals surface area contributed by atoms with Crippen molar-refractivity contribution in [3.8, 4) is 5.75 Å². The van der Waals surface area contributed by atoms with Gasteiger partial charge in [0.25, 0.3) is 0 Å². The van der Waals surface area contributed by atoms with Gasteiger partial charge in [-0.3, -0.25) is 10.1 Å². The van der Waals surface area contributed by atoms with Crippen molar-refractivity contribution in [2.45, 2.75) is 13.8 Å². The molecule has 0 fully saturated rings. The van der Waals surface area contributed by atoms with Crippen LogP contribution in [0.1, 0.15) is 11.1 Å². The van der Waals surface area contributed by atoms with Gasteiger partial charge in [-0.1, -0.05) is 12.1 Å². The molecule has 3 aromatic rings. The zero-order valence-corrected chi connectivity index (χ0v) is 13.5. The molecule has 7 heteroatoms. The van der Waals surface area contributed by atoms with Crippen LogP contribution in [0.3, 0.4) is 0 Å². The molecule has 0 atom stereocenters. The molecule has 0 bridgehead atoms. The van der Waals surface area contributed by atoms with Crippen LogP contribution in [0.5, 0.6) is 5.75 Å². The molecule has 0 saturated carbocycles. The number of benzene rings is 2. The fourth-order valence-electron chi connectivity index (χ4n) is 2.49. The Kier molecular flexibility index (Phi) is 3.99. The van der Waals surface area contributed by atoms with Gasteiger partial charge in [0.15, 0.2) is 5.75 Å². The first-order chi connectivity index (χ1) is 11.5. The average molecular weight is 324 g/mol. The monoisotopic (exact) mass is 324 g/mol. The van der Waals surface area contributed by atoms with Gasteiger partial charge in [-0.25, -0.2) is 9.97 Å². The molecule has 0 radical (unpaired) electrons. The number of nitro benzene ring substituents is 1. The summed E-state index contributed by atoms with van der Waals surface area (Å²) in [5, 5.41) is 15.1. The molecule has 0 aliphatic carbocycles. The Morgan fingerprint density at radius 2 is 2.00 bits per heavy atom. The van der Waals surface area contributed by atoms with Crippen molar-refractivity contribution in [1.82, 2.24) is 9.97 Å². The second-order valence-electron chi connectivity index (χ2n) is 5.39. The van der Waals surface area contributed by atoms with Crippen LogP contribution in [-0.4, -0.2) is 22.0 Å². The number of ether oxygens (including phenoxy) is 1. The van der Waals surface area contributed by atoms with Crippen molar-refractivity contribution < 1.29 is 9.66 Å². The summed E-state index contributed by atoms with van der Waals surface area (Å²) in [7, 11) is 1.39. The van der Waals surface area contributed by atoms with E-state index in [1.165, 1.54) is 19.5 Å². The van der Waals surface area contributed by atoms with E-state index in [4.69, 9.17) is 4.74 Å². The maximum absolute atomic E-state index is 11.3. The lowest BCUT2D eigenvalue weighted by Gasteiger charge is -2.12. The Labute approximate surface area is 138 Å². The third-order valence-corrected chi connectivity index (χ3v) is 3.99. The van der Waals surface area contributed by atoms with E-state index in [0.29, 0.717) is 16.7 Å². The highest BCUT2D eigenvalue weighted by Gasteiger charge is 2.18. The van der Waals surface area contributed by atoms with Gasteiger partial charge in [0.2, 0.25) is 0 Å². The first-order valence-electron chi connectivity index (χ1n) is 7.31. The van der Waals surface area contributed by atoms with Crippen molar-refractivity contribution in [3.63, 3.8) is 0 Å². The number of aromatic nitrogens is 2. The topological polar surface area (TPSA) is 90.2 Å². The van der Waals surface area contributed by atoms with Gasteiger partial charge in [0.05, 0.1) is 22.9 Å². The quantitative estimate of drug-likeness (QED) is 0.578. The molecule has 1 heterocycles. The van der Waals surface area contributed by atoms with Crippen LogP contribution in [0.15, 0.2) is 36.7 Å². The van der Waals surface area contributed by atoms with Crippen molar-refractivity contribution in [2.24, 2.45) is 0 Å². The summed E-state index contributed by atoms with van der Waals surface area (Å²) in [5.41, 5.74) is 3.58. The number of rotatable bonds is 4. The van der Waals surface area contributed by atoms with E-state index in [1.54, 1.807) is 6.07 Å². The second kappa shape index (κ2) is 6.11. The molecule has 0 amide bonds. The van der Waals surface area contributed by atoms with Crippen LogP contribution in [-0.2, 0) is 0 Å². The highest BCUT2D eigenvalue weighted by molar-refractivity contribution is 5.94. The van der Waals surface area contributed by atoms with Crippen LogP contribution >= 0.6 is 0 Å². The molecule has 7 nitrogen and oxygen atoms in total. The Hall–Kier alpha value is -3.22. The van der Waals surface area contributed by atoms with E-state index in [-0.39, 0.29) is 11.4 Å². The lowest BCUT2D eigenvalue weighted by Crippen LogP contribution is -2.00. The van der Waals surface area contributed by atoms with Gasteiger partial charge in [-0.15, -0.1) is 0 Å². The molecule has 3 rings (SSSR count). The number of nitrogens with zero attached hydrogens (tertiary/aromatic N) is 3. The Morgan fingerprint density at radius 1 is 1.21 bits per heavy atom. The number of anilines is 2. The molecule has 1 aromatic heterocycles. The summed E-state index contributed by atoms with van der Waals surface area (Å²) in [6.45, 7) is 4.03. The minimum Gasteiger partial charge on any atom is -0.490 e. The minimum atomic E-state index is -0.479. The van der Waals surface area contributed by atoms with Crippen LogP contribution in [0.25, 0.3) is 10.9 Å². The Balaban J connectivity index is 2.16. The highest BCUT2D eigenvalue weighted by atomic mass is 16.6. The molecule has 0 spiro atoms. The van der Waals surface area contributed by atoms with Crippen LogP contribution in [0, 0.1) is 24.0 Å². The van der Waals surface area contributed by atoms with Gasteiger partial charge in [-0.2, -0.15) is 0 Å². The SMILES string of the molecule is COc1cc2ncnc(Nc3cccc(C)c3C)c2cc1[N+](=O)[O-]. The van der Waals surface area contributed by atoms with Crippen molar-refractivity contribution in [1.29, 1.82) is 0 Å². The summed E-state index contributed by atoms with van der Waals surface area (Å²) < 4.78 is 5.09. The lowest BCUT2D eigenvalue weighted by atomic mass is 10.1. The fourth-order valence-corrected chi connectivity index (χ4v) is 2.49. The summed E-state index contributed by atoms with van der Waals surface area (Å²) >= 11 is 0. The zero-order chi connectivity index (χ0) is 17.3. The Bertz CT molecular complexity index is 941. The van der Waals surface area contributed by atoms with E-state index >= 15 is 0 Å². The smallest absolute Gasteiger partial charge is 0.311 e. The van der Waals surface area contributed by atoms with E-state index in [0.717, 1.165) is 16.8 Å². The van der Waals surface area contributed by atoms with Crippen molar-refractivity contribution in [3.05, 3.63) is 57.9 Å². The zero-order valence-electron chi connectivity index (χ0n) is 13.5. The predicted molar refractivity (Wildman–Crippen MR) is 91.9 cm³/mol. The first-order valence-corrected chi connectivity index (χ1v) is 7.31. The third kappa shape index (κ3) is 2.71. The molecule has 0 aliphatic rings. The van der Waals surface area contributed by atoms with Gasteiger partial charge < -0.3 is 10.1 Å². The third-order valence-electron chi connectivity index (χ3n) is 3.99. The molecular weight excluding hydrogens is 308 g/mol. The minimum absolute atomic E-state index is 0.121. The number of fused-ring (bicyclic) bond motifs is 1. The summed E-state index contributed by atoms with van der Waals surface area (Å²) in [5.74, 6) is 0.684. The molecule has 0 unspecified atom stereocenters. The normalized spacial score (nSPS) is 10.6. The molecule has 0 saturated heterocycles. The standard InChI is InChI=1S/C17H16N4O3/c1-10-5-4-6-13(11(10)2)20-17-12-7-15(21(22)23)16(24-3)8-14(12)18-9-19-17/h4-9H,1-3H3,(H,18,19,20). The molecule has 122 valence electrons.